The molecule has 0 N–H and O–H groups in total. The summed E-state index contributed by atoms with van der Waals surface area (Å²) in [5.74, 6) is 0. The summed E-state index contributed by atoms with van der Waals surface area (Å²) >= 11 is 0. The molecule has 0 fully saturated rings. The van der Waals surface area contributed by atoms with E-state index in [0.29, 0.717) is 0 Å². The van der Waals surface area contributed by atoms with Crippen LogP contribution in [0.5, 0.6) is 0 Å². The first-order chi connectivity index (χ1) is 3.98. The molecule has 2 heteroatoms. The minimum absolute atomic E-state index is 1.02. The molecule has 0 aliphatic carbocycles. The van der Waals surface area contributed by atoms with Gasteiger partial charge in [0.2, 0.25) is 0 Å². The molecule has 0 heterocycles. The molecule has 0 amide bonds. The van der Waals surface area contributed by atoms with Crippen LogP contribution < -0.4 is 0 Å². The third-order valence-corrected chi connectivity index (χ3v) is 4.02. The van der Waals surface area contributed by atoms with Gasteiger partial charge in [-0.05, 0) is 7.05 Å². The van der Waals surface area contributed by atoms with Crippen molar-refractivity contribution < 1.29 is 0 Å². The van der Waals surface area contributed by atoms with Crippen LogP contribution in [0.1, 0.15) is 0 Å². The van der Waals surface area contributed by atoms with E-state index < -0.39 is 8.24 Å². The van der Waals surface area contributed by atoms with Gasteiger partial charge >= 0.3 is 0 Å². The molecular formula is C7H17NSi. The normalized spacial score (nSPS) is 12.1. The van der Waals surface area contributed by atoms with Crippen LogP contribution in [0.4, 0.5) is 0 Å². The maximum Gasteiger partial charge on any atom is 0.119 e. The van der Waals surface area contributed by atoms with E-state index in [9.17, 15) is 0 Å². The highest BCUT2D eigenvalue weighted by atomic mass is 28.3. The Hall–Kier alpha value is -0.0831. The van der Waals surface area contributed by atoms with Gasteiger partial charge in [-0.3, -0.25) is 0 Å². The number of hydrogen-bond donors (Lipinski definition) is 0. The molecule has 0 aromatic carbocycles. The SMILES string of the molecule is C=CCN(C)[Si](C)(C)C. The van der Waals surface area contributed by atoms with Crippen LogP contribution in [0.2, 0.25) is 19.6 Å². The third kappa shape index (κ3) is 3.49. The minimum Gasteiger partial charge on any atom is -0.323 e. The maximum absolute atomic E-state index is 3.69. The van der Waals surface area contributed by atoms with Crippen LogP contribution in [0, 0.1) is 0 Å². The van der Waals surface area contributed by atoms with Crippen LogP contribution in [-0.4, -0.2) is 26.4 Å². The molecule has 0 unspecified atom stereocenters. The molecule has 0 radical (unpaired) electrons. The van der Waals surface area contributed by atoms with Gasteiger partial charge in [0.1, 0.15) is 8.24 Å². The molecule has 0 aliphatic rings. The van der Waals surface area contributed by atoms with Gasteiger partial charge in [0, 0.05) is 6.54 Å². The molecule has 0 aromatic rings. The second-order valence-electron chi connectivity index (χ2n) is 3.34. The molecule has 9 heavy (non-hydrogen) atoms. The van der Waals surface area contributed by atoms with Crippen molar-refractivity contribution in [1.29, 1.82) is 0 Å². The van der Waals surface area contributed by atoms with Crippen molar-refractivity contribution in [3.8, 4) is 0 Å². The molecule has 0 saturated carbocycles. The Morgan fingerprint density at radius 3 is 2.00 bits per heavy atom. The van der Waals surface area contributed by atoms with Gasteiger partial charge in [0.15, 0.2) is 0 Å². The summed E-state index contributed by atoms with van der Waals surface area (Å²) in [5.41, 5.74) is 0. The van der Waals surface area contributed by atoms with E-state index in [1.165, 1.54) is 0 Å². The Kier molecular flexibility index (Phi) is 3.15. The van der Waals surface area contributed by atoms with E-state index in [0.717, 1.165) is 6.54 Å². The van der Waals surface area contributed by atoms with Crippen molar-refractivity contribution in [3.05, 3.63) is 12.7 Å². The van der Waals surface area contributed by atoms with Crippen LogP contribution >= 0.6 is 0 Å². The van der Waals surface area contributed by atoms with Crippen LogP contribution in [0.25, 0.3) is 0 Å². The number of likely N-dealkylation sites (N-methyl/N-ethyl adjacent to an activating group) is 1. The molecule has 0 aliphatic heterocycles. The molecule has 0 bridgehead atoms. The number of hydrogen-bond acceptors (Lipinski definition) is 1. The molecule has 1 nitrogen and oxygen atoms in total. The monoisotopic (exact) mass is 143 g/mol. The van der Waals surface area contributed by atoms with Crippen LogP contribution in [-0.2, 0) is 0 Å². The van der Waals surface area contributed by atoms with E-state index in [-0.39, 0.29) is 0 Å². The first-order valence-corrected chi connectivity index (χ1v) is 6.75. The fraction of sp³-hybridized carbons (Fsp3) is 0.714. The van der Waals surface area contributed by atoms with Gasteiger partial charge in [-0.1, -0.05) is 25.7 Å². The van der Waals surface area contributed by atoms with E-state index >= 15 is 0 Å². The highest BCUT2D eigenvalue weighted by Crippen LogP contribution is 2.04. The molecule has 0 spiro atoms. The zero-order valence-electron chi connectivity index (χ0n) is 6.94. The highest BCUT2D eigenvalue weighted by Gasteiger charge is 2.17. The number of rotatable bonds is 3. The van der Waals surface area contributed by atoms with E-state index in [1.54, 1.807) is 0 Å². The van der Waals surface area contributed by atoms with Crippen molar-refractivity contribution in [3.63, 3.8) is 0 Å². The van der Waals surface area contributed by atoms with Gasteiger partial charge in [-0.15, -0.1) is 6.58 Å². The van der Waals surface area contributed by atoms with Crippen molar-refractivity contribution in [1.82, 2.24) is 4.57 Å². The van der Waals surface area contributed by atoms with Crippen molar-refractivity contribution >= 4 is 8.24 Å². The molecule has 0 saturated heterocycles. The van der Waals surface area contributed by atoms with E-state index in [4.69, 9.17) is 0 Å². The fourth-order valence-corrected chi connectivity index (χ4v) is 1.14. The Bertz CT molecular complexity index is 93.6. The second kappa shape index (κ2) is 3.18. The zero-order chi connectivity index (χ0) is 7.49. The average molecular weight is 143 g/mol. The minimum atomic E-state index is -1.02. The summed E-state index contributed by atoms with van der Waals surface area (Å²) in [6, 6.07) is 0. The lowest BCUT2D eigenvalue weighted by atomic mass is 10.6. The molecule has 0 atom stereocenters. The molecule has 0 aromatic heterocycles. The largest absolute Gasteiger partial charge is 0.323 e. The predicted octanol–water partition coefficient (Wildman–Crippen LogP) is 1.94. The summed E-state index contributed by atoms with van der Waals surface area (Å²) in [4.78, 5) is 0. The Labute approximate surface area is 59.5 Å². The second-order valence-corrected chi connectivity index (χ2v) is 8.45. The predicted molar refractivity (Wildman–Crippen MR) is 46.2 cm³/mol. The lowest BCUT2D eigenvalue weighted by molar-refractivity contribution is 0.569. The van der Waals surface area contributed by atoms with E-state index in [1.807, 2.05) is 6.08 Å². The third-order valence-electron chi connectivity index (χ3n) is 1.55. The van der Waals surface area contributed by atoms with E-state index in [2.05, 4.69) is 37.8 Å². The summed E-state index contributed by atoms with van der Waals surface area (Å²) in [6.07, 6.45) is 1.96. The van der Waals surface area contributed by atoms with Gasteiger partial charge in [0.25, 0.3) is 0 Å². The van der Waals surface area contributed by atoms with Crippen molar-refractivity contribution in [2.24, 2.45) is 0 Å². The first-order valence-electron chi connectivity index (χ1n) is 3.30. The fourth-order valence-electron chi connectivity index (χ4n) is 0.468. The Balaban J connectivity index is 3.72. The lowest BCUT2D eigenvalue weighted by Crippen LogP contribution is -2.42. The summed E-state index contributed by atoms with van der Waals surface area (Å²) in [5, 5.41) is 0. The smallest absolute Gasteiger partial charge is 0.119 e. The number of nitrogens with zero attached hydrogens (tertiary/aromatic N) is 1. The van der Waals surface area contributed by atoms with Crippen LogP contribution in [0.3, 0.4) is 0 Å². The van der Waals surface area contributed by atoms with Gasteiger partial charge < -0.3 is 4.57 Å². The van der Waals surface area contributed by atoms with Crippen molar-refractivity contribution in [2.75, 3.05) is 13.6 Å². The zero-order valence-corrected chi connectivity index (χ0v) is 7.94. The highest BCUT2D eigenvalue weighted by molar-refractivity contribution is 6.73. The quantitative estimate of drug-likeness (QED) is 0.431. The standard InChI is InChI=1S/C7H17NSi/c1-6-7-8(2)9(3,4)5/h6H,1,7H2,2-5H3. The summed E-state index contributed by atoms with van der Waals surface area (Å²) < 4.78 is 2.39. The van der Waals surface area contributed by atoms with Gasteiger partial charge in [-0.2, -0.15) is 0 Å². The topological polar surface area (TPSA) is 3.24 Å². The Morgan fingerprint density at radius 1 is 1.44 bits per heavy atom. The van der Waals surface area contributed by atoms with Crippen LogP contribution in [0.15, 0.2) is 12.7 Å². The Morgan fingerprint density at radius 2 is 1.89 bits per heavy atom. The molecule has 0 rings (SSSR count). The lowest BCUT2D eigenvalue weighted by Gasteiger charge is -2.28. The van der Waals surface area contributed by atoms with Crippen molar-refractivity contribution in [2.45, 2.75) is 19.6 Å². The van der Waals surface area contributed by atoms with Gasteiger partial charge in [-0.25, -0.2) is 0 Å². The first kappa shape index (κ1) is 8.92. The average Bonchev–Trinajstić information content (AvgIpc) is 1.64. The van der Waals surface area contributed by atoms with Gasteiger partial charge in [0.05, 0.1) is 0 Å². The maximum atomic E-state index is 3.69. The summed E-state index contributed by atoms with van der Waals surface area (Å²) in [7, 11) is 1.14. The molecule has 54 valence electrons. The molecular weight excluding hydrogens is 126 g/mol. The summed E-state index contributed by atoms with van der Waals surface area (Å²) in [6.45, 7) is 11.7.